The molecule has 3 N–H and O–H groups in total. The second kappa shape index (κ2) is 11.5. The third kappa shape index (κ3) is 6.57. The number of amides is 2. The molecule has 2 amide bonds. The first-order valence-corrected chi connectivity index (χ1v) is 11.5. The summed E-state index contributed by atoms with van der Waals surface area (Å²) in [4.78, 5) is 35.4. The van der Waals surface area contributed by atoms with Gasteiger partial charge < -0.3 is 20.5 Å². The molecule has 2 atom stereocenters. The number of carbonyl (C=O) groups is 3. The van der Waals surface area contributed by atoms with Crippen LogP contribution in [0, 0.1) is 0 Å². The standard InChI is InChI=1S/C26H32N2O5/c1-3-18(15-24(29)27-17(2)9-8-14-25(30)31)28-26(32)33-16-23-21-12-6-4-10-19(21)20-11-5-7-13-22(20)23/h4-7,10-13,17-18,23H,3,8-9,14-16H2,1-2H3,(H,27,29)(H,28,32)(H,30,31)/t17?,18-/m0/s1. The van der Waals surface area contributed by atoms with Gasteiger partial charge in [-0.1, -0.05) is 55.5 Å². The van der Waals surface area contributed by atoms with Gasteiger partial charge in [-0.3, -0.25) is 9.59 Å². The number of alkyl carbamates (subject to hydrolysis) is 1. The van der Waals surface area contributed by atoms with Crippen molar-refractivity contribution in [1.29, 1.82) is 0 Å². The van der Waals surface area contributed by atoms with E-state index in [1.165, 1.54) is 11.1 Å². The van der Waals surface area contributed by atoms with E-state index in [1.54, 1.807) is 0 Å². The fourth-order valence-corrected chi connectivity index (χ4v) is 4.29. The van der Waals surface area contributed by atoms with E-state index in [1.807, 2.05) is 38.1 Å². The topological polar surface area (TPSA) is 105 Å². The summed E-state index contributed by atoms with van der Waals surface area (Å²) in [5, 5.41) is 14.4. The van der Waals surface area contributed by atoms with E-state index in [0.29, 0.717) is 19.3 Å². The quantitative estimate of drug-likeness (QED) is 0.467. The third-order valence-corrected chi connectivity index (χ3v) is 6.03. The van der Waals surface area contributed by atoms with Crippen molar-refractivity contribution in [3.63, 3.8) is 0 Å². The molecular formula is C26H32N2O5. The average molecular weight is 453 g/mol. The molecule has 0 aliphatic heterocycles. The molecule has 1 unspecified atom stereocenters. The maximum Gasteiger partial charge on any atom is 0.407 e. The summed E-state index contributed by atoms with van der Waals surface area (Å²) in [5.41, 5.74) is 4.63. The molecule has 7 nitrogen and oxygen atoms in total. The maximum absolute atomic E-state index is 12.5. The average Bonchev–Trinajstić information content (AvgIpc) is 3.10. The molecule has 0 fully saturated rings. The van der Waals surface area contributed by atoms with E-state index in [9.17, 15) is 14.4 Å². The molecule has 176 valence electrons. The van der Waals surface area contributed by atoms with Crippen molar-refractivity contribution in [1.82, 2.24) is 10.6 Å². The van der Waals surface area contributed by atoms with E-state index in [-0.39, 0.29) is 43.4 Å². The van der Waals surface area contributed by atoms with Gasteiger partial charge in [0.25, 0.3) is 0 Å². The van der Waals surface area contributed by atoms with Gasteiger partial charge in [0.15, 0.2) is 0 Å². The van der Waals surface area contributed by atoms with Crippen LogP contribution in [0.25, 0.3) is 11.1 Å². The van der Waals surface area contributed by atoms with Crippen LogP contribution >= 0.6 is 0 Å². The molecule has 0 heterocycles. The number of hydrogen-bond acceptors (Lipinski definition) is 4. The Morgan fingerprint density at radius 3 is 2.18 bits per heavy atom. The molecular weight excluding hydrogens is 420 g/mol. The van der Waals surface area contributed by atoms with Crippen LogP contribution in [0.2, 0.25) is 0 Å². The molecule has 0 saturated carbocycles. The molecule has 33 heavy (non-hydrogen) atoms. The zero-order chi connectivity index (χ0) is 23.8. The predicted molar refractivity (Wildman–Crippen MR) is 126 cm³/mol. The summed E-state index contributed by atoms with van der Waals surface area (Å²) < 4.78 is 5.57. The van der Waals surface area contributed by atoms with E-state index in [0.717, 1.165) is 11.1 Å². The van der Waals surface area contributed by atoms with Gasteiger partial charge in [0.2, 0.25) is 5.91 Å². The van der Waals surface area contributed by atoms with Crippen LogP contribution in [0.3, 0.4) is 0 Å². The SMILES string of the molecule is CC[C@@H](CC(=O)NC(C)CCCC(=O)O)NC(=O)OCC1c2ccccc2-c2ccccc21. The molecule has 0 saturated heterocycles. The van der Waals surface area contributed by atoms with Gasteiger partial charge in [-0.2, -0.15) is 0 Å². The summed E-state index contributed by atoms with van der Waals surface area (Å²) in [6.07, 6.45) is 1.38. The van der Waals surface area contributed by atoms with Crippen molar-refractivity contribution in [2.75, 3.05) is 6.61 Å². The highest BCUT2D eigenvalue weighted by atomic mass is 16.5. The Balaban J connectivity index is 1.49. The molecule has 0 aromatic heterocycles. The first kappa shape index (κ1) is 24.3. The smallest absolute Gasteiger partial charge is 0.407 e. The predicted octanol–water partition coefficient (Wildman–Crippen LogP) is 4.45. The highest BCUT2D eigenvalue weighted by Gasteiger charge is 2.29. The zero-order valence-corrected chi connectivity index (χ0v) is 19.2. The number of aliphatic carboxylic acids is 1. The summed E-state index contributed by atoms with van der Waals surface area (Å²) in [7, 11) is 0. The van der Waals surface area contributed by atoms with Crippen molar-refractivity contribution < 1.29 is 24.2 Å². The Hall–Kier alpha value is -3.35. The molecule has 2 aromatic carbocycles. The van der Waals surface area contributed by atoms with Gasteiger partial charge in [-0.15, -0.1) is 0 Å². The number of carbonyl (C=O) groups excluding carboxylic acids is 2. The third-order valence-electron chi connectivity index (χ3n) is 6.03. The number of hydrogen-bond donors (Lipinski definition) is 3. The largest absolute Gasteiger partial charge is 0.481 e. The van der Waals surface area contributed by atoms with Crippen LogP contribution in [0.5, 0.6) is 0 Å². The molecule has 2 aromatic rings. The number of benzene rings is 2. The first-order chi connectivity index (χ1) is 15.9. The molecule has 0 radical (unpaired) electrons. The summed E-state index contributed by atoms with van der Waals surface area (Å²) >= 11 is 0. The lowest BCUT2D eigenvalue weighted by Crippen LogP contribution is -2.41. The van der Waals surface area contributed by atoms with Crippen molar-refractivity contribution >= 4 is 18.0 Å². The second-order valence-corrected chi connectivity index (χ2v) is 8.53. The Morgan fingerprint density at radius 2 is 1.61 bits per heavy atom. The zero-order valence-electron chi connectivity index (χ0n) is 19.2. The van der Waals surface area contributed by atoms with Gasteiger partial charge in [0.05, 0.1) is 0 Å². The Bertz CT molecular complexity index is 945. The van der Waals surface area contributed by atoms with Crippen molar-refractivity contribution in [3.05, 3.63) is 59.7 Å². The highest BCUT2D eigenvalue weighted by Crippen LogP contribution is 2.44. The minimum absolute atomic E-state index is 0.0156. The van der Waals surface area contributed by atoms with Crippen LogP contribution in [-0.2, 0) is 14.3 Å². The van der Waals surface area contributed by atoms with Crippen molar-refractivity contribution in [2.45, 2.75) is 64.0 Å². The van der Waals surface area contributed by atoms with E-state index < -0.39 is 12.1 Å². The van der Waals surface area contributed by atoms with Crippen LogP contribution < -0.4 is 10.6 Å². The maximum atomic E-state index is 12.5. The summed E-state index contributed by atoms with van der Waals surface area (Å²) in [5.74, 6) is -1.03. The van der Waals surface area contributed by atoms with E-state index in [2.05, 4.69) is 34.9 Å². The van der Waals surface area contributed by atoms with Crippen LogP contribution in [0.1, 0.15) is 63.0 Å². The molecule has 3 rings (SSSR count). The Morgan fingerprint density at radius 1 is 1.00 bits per heavy atom. The number of ether oxygens (including phenoxy) is 1. The fraction of sp³-hybridized carbons (Fsp3) is 0.423. The van der Waals surface area contributed by atoms with Gasteiger partial charge >= 0.3 is 12.1 Å². The Labute approximate surface area is 194 Å². The highest BCUT2D eigenvalue weighted by molar-refractivity contribution is 5.79. The van der Waals surface area contributed by atoms with Gasteiger partial charge in [0, 0.05) is 30.8 Å². The minimum atomic E-state index is -0.841. The first-order valence-electron chi connectivity index (χ1n) is 11.5. The monoisotopic (exact) mass is 452 g/mol. The summed E-state index contributed by atoms with van der Waals surface area (Å²) in [6, 6.07) is 15.8. The molecule has 0 spiro atoms. The number of rotatable bonds is 11. The van der Waals surface area contributed by atoms with E-state index in [4.69, 9.17) is 9.84 Å². The lowest BCUT2D eigenvalue weighted by Gasteiger charge is -2.20. The number of nitrogens with one attached hydrogen (secondary N) is 2. The number of carboxylic acid groups (broad SMARTS) is 1. The Kier molecular flexibility index (Phi) is 8.46. The number of carboxylic acids is 1. The normalized spacial score (nSPS) is 14.0. The lowest BCUT2D eigenvalue weighted by atomic mass is 9.98. The molecule has 1 aliphatic rings. The fourth-order valence-electron chi connectivity index (χ4n) is 4.29. The summed E-state index contributed by atoms with van der Waals surface area (Å²) in [6.45, 7) is 3.97. The molecule has 7 heteroatoms. The molecule has 1 aliphatic carbocycles. The van der Waals surface area contributed by atoms with Crippen LogP contribution in [0.15, 0.2) is 48.5 Å². The molecule has 0 bridgehead atoms. The van der Waals surface area contributed by atoms with E-state index >= 15 is 0 Å². The van der Waals surface area contributed by atoms with Crippen LogP contribution in [0.4, 0.5) is 4.79 Å². The number of fused-ring (bicyclic) bond motifs is 3. The minimum Gasteiger partial charge on any atom is -0.481 e. The lowest BCUT2D eigenvalue weighted by molar-refractivity contribution is -0.137. The van der Waals surface area contributed by atoms with Gasteiger partial charge in [0.1, 0.15) is 6.61 Å². The van der Waals surface area contributed by atoms with Gasteiger partial charge in [-0.25, -0.2) is 4.79 Å². The van der Waals surface area contributed by atoms with Crippen molar-refractivity contribution in [2.24, 2.45) is 0 Å². The van der Waals surface area contributed by atoms with Crippen LogP contribution in [-0.4, -0.2) is 41.8 Å². The van der Waals surface area contributed by atoms with Gasteiger partial charge in [-0.05, 0) is 48.4 Å². The van der Waals surface area contributed by atoms with Crippen molar-refractivity contribution in [3.8, 4) is 11.1 Å². The second-order valence-electron chi connectivity index (χ2n) is 8.53.